The smallest absolute Gasteiger partial charge is 0.263 e. The minimum Gasteiger partial charge on any atom is -0.337 e. The molecule has 2 saturated heterocycles. The highest BCUT2D eigenvalue weighted by Gasteiger charge is 2.29. The first-order chi connectivity index (χ1) is 13.1. The van der Waals surface area contributed by atoms with E-state index in [-0.39, 0.29) is 11.8 Å². The Hall–Kier alpha value is -1.73. The molecule has 2 fully saturated rings. The van der Waals surface area contributed by atoms with E-state index in [0.717, 1.165) is 62.1 Å². The molecule has 2 aliphatic heterocycles. The third kappa shape index (κ3) is 4.09. The lowest BCUT2D eigenvalue weighted by Gasteiger charge is -2.32. The highest BCUT2D eigenvalue weighted by Crippen LogP contribution is 2.28. The lowest BCUT2D eigenvalue weighted by Crippen LogP contribution is -2.39. The largest absolute Gasteiger partial charge is 0.337 e. The van der Waals surface area contributed by atoms with E-state index in [0.29, 0.717) is 0 Å². The van der Waals surface area contributed by atoms with Crippen LogP contribution < -0.4 is 0 Å². The van der Waals surface area contributed by atoms with Gasteiger partial charge in [-0.25, -0.2) is 0 Å². The standard InChI is InChI=1S/C20H29N5OS/c1-15-8-9-17(27-15)20(26)25-12-6-7-16(13-25)19-22-21-18(23(19)2)14-24-10-4-3-5-11-24/h8-9,16H,3-7,10-14H2,1-2H3. The topological polar surface area (TPSA) is 54.3 Å². The molecule has 2 aliphatic rings. The summed E-state index contributed by atoms with van der Waals surface area (Å²) in [6, 6.07) is 3.97. The minimum atomic E-state index is 0.161. The third-order valence-corrected chi connectivity index (χ3v) is 6.83. The van der Waals surface area contributed by atoms with Gasteiger partial charge >= 0.3 is 0 Å². The predicted octanol–water partition coefficient (Wildman–Crippen LogP) is 3.19. The van der Waals surface area contributed by atoms with Crippen LogP contribution in [0.15, 0.2) is 12.1 Å². The van der Waals surface area contributed by atoms with Crippen molar-refractivity contribution in [3.63, 3.8) is 0 Å². The van der Waals surface area contributed by atoms with Gasteiger partial charge < -0.3 is 9.47 Å². The van der Waals surface area contributed by atoms with Crippen LogP contribution >= 0.6 is 11.3 Å². The van der Waals surface area contributed by atoms with Crippen molar-refractivity contribution in [3.05, 3.63) is 33.5 Å². The first-order valence-corrected chi connectivity index (χ1v) is 10.9. The number of aryl methyl sites for hydroxylation is 1. The van der Waals surface area contributed by atoms with Crippen LogP contribution in [0.5, 0.6) is 0 Å². The second kappa shape index (κ2) is 8.10. The fraction of sp³-hybridized carbons (Fsp3) is 0.650. The summed E-state index contributed by atoms with van der Waals surface area (Å²) in [5, 5.41) is 9.01. The lowest BCUT2D eigenvalue weighted by atomic mass is 9.97. The van der Waals surface area contributed by atoms with Crippen LogP contribution in [-0.4, -0.2) is 56.7 Å². The molecular weight excluding hydrogens is 358 g/mol. The zero-order valence-corrected chi connectivity index (χ0v) is 17.2. The van der Waals surface area contributed by atoms with Crippen LogP contribution in [0.2, 0.25) is 0 Å². The summed E-state index contributed by atoms with van der Waals surface area (Å²) in [6.07, 6.45) is 6.01. The zero-order chi connectivity index (χ0) is 18.8. The molecule has 4 rings (SSSR count). The van der Waals surface area contributed by atoms with Gasteiger partial charge in [0.1, 0.15) is 11.6 Å². The van der Waals surface area contributed by atoms with Crippen molar-refractivity contribution in [1.29, 1.82) is 0 Å². The Morgan fingerprint density at radius 2 is 1.96 bits per heavy atom. The number of amides is 1. The van der Waals surface area contributed by atoms with Crippen molar-refractivity contribution in [2.24, 2.45) is 7.05 Å². The van der Waals surface area contributed by atoms with Crippen LogP contribution in [0, 0.1) is 6.92 Å². The van der Waals surface area contributed by atoms with Gasteiger partial charge in [-0.2, -0.15) is 0 Å². The molecule has 146 valence electrons. The van der Waals surface area contributed by atoms with Crippen molar-refractivity contribution in [2.45, 2.75) is 51.5 Å². The molecule has 4 heterocycles. The Balaban J connectivity index is 1.44. The van der Waals surface area contributed by atoms with Crippen molar-refractivity contribution >= 4 is 17.2 Å². The van der Waals surface area contributed by atoms with Gasteiger partial charge in [-0.05, 0) is 57.8 Å². The maximum atomic E-state index is 12.8. The predicted molar refractivity (Wildman–Crippen MR) is 107 cm³/mol. The second-order valence-electron chi connectivity index (χ2n) is 7.87. The van der Waals surface area contributed by atoms with Crippen LogP contribution in [0.3, 0.4) is 0 Å². The van der Waals surface area contributed by atoms with Crippen molar-refractivity contribution in [2.75, 3.05) is 26.2 Å². The molecule has 27 heavy (non-hydrogen) atoms. The Morgan fingerprint density at radius 3 is 2.70 bits per heavy atom. The average Bonchev–Trinajstić information content (AvgIpc) is 3.28. The molecule has 1 atom stereocenters. The molecule has 0 aromatic carbocycles. The number of likely N-dealkylation sites (tertiary alicyclic amines) is 2. The summed E-state index contributed by atoms with van der Waals surface area (Å²) < 4.78 is 2.17. The molecule has 6 nitrogen and oxygen atoms in total. The first-order valence-electron chi connectivity index (χ1n) is 10.1. The van der Waals surface area contributed by atoms with Gasteiger partial charge in [-0.3, -0.25) is 9.69 Å². The van der Waals surface area contributed by atoms with Gasteiger partial charge in [0.05, 0.1) is 11.4 Å². The number of piperidine rings is 2. The highest BCUT2D eigenvalue weighted by atomic mass is 32.1. The maximum absolute atomic E-state index is 12.8. The SMILES string of the molecule is Cc1ccc(C(=O)N2CCCC(c3nnc(CN4CCCCC4)n3C)C2)s1. The van der Waals surface area contributed by atoms with Crippen LogP contribution in [0.4, 0.5) is 0 Å². The molecule has 0 bridgehead atoms. The molecule has 0 saturated carbocycles. The molecule has 1 unspecified atom stereocenters. The van der Waals surface area contributed by atoms with Gasteiger partial charge in [-0.1, -0.05) is 6.42 Å². The molecule has 0 spiro atoms. The van der Waals surface area contributed by atoms with E-state index in [1.165, 1.54) is 24.1 Å². The van der Waals surface area contributed by atoms with Crippen LogP contribution in [-0.2, 0) is 13.6 Å². The molecule has 1 amide bonds. The number of hydrogen-bond acceptors (Lipinski definition) is 5. The summed E-state index contributed by atoms with van der Waals surface area (Å²) in [4.78, 5) is 19.3. The number of thiophene rings is 1. The number of hydrogen-bond donors (Lipinski definition) is 0. The van der Waals surface area contributed by atoms with Gasteiger partial charge in [0, 0.05) is 30.9 Å². The van der Waals surface area contributed by atoms with Gasteiger partial charge in [0.2, 0.25) is 0 Å². The molecule has 0 N–H and O–H groups in total. The number of rotatable bonds is 4. The molecule has 0 radical (unpaired) electrons. The van der Waals surface area contributed by atoms with Gasteiger partial charge in [-0.15, -0.1) is 21.5 Å². The van der Waals surface area contributed by atoms with E-state index in [1.807, 2.05) is 24.0 Å². The molecular formula is C20H29N5OS. The van der Waals surface area contributed by atoms with E-state index in [4.69, 9.17) is 0 Å². The van der Waals surface area contributed by atoms with Crippen molar-refractivity contribution in [3.8, 4) is 0 Å². The number of carbonyl (C=O) groups excluding carboxylic acids is 1. The van der Waals surface area contributed by atoms with E-state index in [1.54, 1.807) is 11.3 Å². The maximum Gasteiger partial charge on any atom is 0.263 e. The van der Waals surface area contributed by atoms with E-state index in [2.05, 4.69) is 26.7 Å². The lowest BCUT2D eigenvalue weighted by molar-refractivity contribution is 0.0708. The Bertz CT molecular complexity index is 792. The van der Waals surface area contributed by atoms with Gasteiger partial charge in [0.15, 0.2) is 0 Å². The third-order valence-electron chi connectivity index (χ3n) is 5.84. The highest BCUT2D eigenvalue weighted by molar-refractivity contribution is 7.13. The fourth-order valence-electron chi connectivity index (χ4n) is 4.26. The van der Waals surface area contributed by atoms with Crippen molar-refractivity contribution < 1.29 is 4.79 Å². The molecule has 0 aliphatic carbocycles. The van der Waals surface area contributed by atoms with E-state index >= 15 is 0 Å². The Morgan fingerprint density at radius 1 is 1.15 bits per heavy atom. The van der Waals surface area contributed by atoms with E-state index < -0.39 is 0 Å². The normalized spacial score (nSPS) is 21.6. The molecule has 2 aromatic rings. The zero-order valence-electron chi connectivity index (χ0n) is 16.4. The molecule has 7 heteroatoms. The van der Waals surface area contributed by atoms with Crippen LogP contribution in [0.25, 0.3) is 0 Å². The molecule has 2 aromatic heterocycles. The summed E-state index contributed by atoms with van der Waals surface area (Å²) in [5.41, 5.74) is 0. The van der Waals surface area contributed by atoms with E-state index in [9.17, 15) is 4.79 Å². The van der Waals surface area contributed by atoms with Crippen LogP contribution in [0.1, 0.15) is 64.2 Å². The Labute approximate surface area is 165 Å². The second-order valence-corrected chi connectivity index (χ2v) is 9.16. The number of nitrogens with zero attached hydrogens (tertiary/aromatic N) is 5. The quantitative estimate of drug-likeness (QED) is 0.808. The average molecular weight is 388 g/mol. The summed E-state index contributed by atoms with van der Waals surface area (Å²) in [7, 11) is 2.08. The first kappa shape index (κ1) is 18.6. The number of aromatic nitrogens is 3. The fourth-order valence-corrected chi connectivity index (χ4v) is 5.10. The number of carbonyl (C=O) groups is 1. The Kier molecular flexibility index (Phi) is 5.59. The van der Waals surface area contributed by atoms with Gasteiger partial charge in [0.25, 0.3) is 5.91 Å². The van der Waals surface area contributed by atoms with Crippen molar-refractivity contribution in [1.82, 2.24) is 24.6 Å². The summed E-state index contributed by atoms with van der Waals surface area (Å²) >= 11 is 1.58. The monoisotopic (exact) mass is 387 g/mol. The minimum absolute atomic E-state index is 0.161. The summed E-state index contributed by atoms with van der Waals surface area (Å²) in [5.74, 6) is 2.51. The summed E-state index contributed by atoms with van der Waals surface area (Å²) in [6.45, 7) is 6.83.